The molecular weight excluding hydrogens is 288 g/mol. The van der Waals surface area contributed by atoms with Crippen LogP contribution in [0.5, 0.6) is 0 Å². The lowest BCUT2D eigenvalue weighted by molar-refractivity contribution is -0.384. The fraction of sp³-hybridized carbons (Fsp3) is 0.0667. The van der Waals surface area contributed by atoms with Crippen LogP contribution in [0.1, 0.15) is 15.9 Å². The molecule has 110 valence electrons. The maximum atomic E-state index is 12.4. The van der Waals surface area contributed by atoms with Crippen LogP contribution in [0.25, 0.3) is 11.1 Å². The molecule has 0 saturated heterocycles. The van der Waals surface area contributed by atoms with Gasteiger partial charge < -0.3 is 4.42 Å². The number of benzene rings is 2. The SMILES string of the molecule is Cc1ccc(C(=O)n2c(=O)oc3cc([N+](=O)[O-])ccc32)cc1. The molecule has 0 aliphatic heterocycles. The number of hydrogen-bond acceptors (Lipinski definition) is 5. The second-order valence-corrected chi connectivity index (χ2v) is 4.78. The van der Waals surface area contributed by atoms with Crippen LogP contribution in [0, 0.1) is 17.0 Å². The number of non-ortho nitro benzene ring substituents is 1. The fourth-order valence-electron chi connectivity index (χ4n) is 2.14. The lowest BCUT2D eigenvalue weighted by atomic mass is 10.1. The number of aryl methyl sites for hydroxylation is 1. The third-order valence-electron chi connectivity index (χ3n) is 3.28. The van der Waals surface area contributed by atoms with Crippen molar-refractivity contribution in [2.45, 2.75) is 6.92 Å². The van der Waals surface area contributed by atoms with Gasteiger partial charge in [0.15, 0.2) is 5.58 Å². The Kier molecular flexibility index (Phi) is 3.10. The quantitative estimate of drug-likeness (QED) is 0.535. The summed E-state index contributed by atoms with van der Waals surface area (Å²) < 4.78 is 5.80. The molecular formula is C15H10N2O5. The van der Waals surface area contributed by atoms with Crippen molar-refractivity contribution in [2.75, 3.05) is 0 Å². The van der Waals surface area contributed by atoms with E-state index in [1.54, 1.807) is 24.3 Å². The summed E-state index contributed by atoms with van der Waals surface area (Å²) in [6, 6.07) is 10.4. The average Bonchev–Trinajstić information content (AvgIpc) is 2.82. The van der Waals surface area contributed by atoms with E-state index in [1.807, 2.05) is 6.92 Å². The first-order valence-electron chi connectivity index (χ1n) is 6.39. The molecule has 0 bridgehead atoms. The molecule has 3 rings (SSSR count). The summed E-state index contributed by atoms with van der Waals surface area (Å²) in [5.41, 5.74) is 1.29. The summed E-state index contributed by atoms with van der Waals surface area (Å²) in [6.45, 7) is 1.88. The minimum absolute atomic E-state index is 0.000313. The first-order valence-corrected chi connectivity index (χ1v) is 6.39. The zero-order valence-corrected chi connectivity index (χ0v) is 11.5. The van der Waals surface area contributed by atoms with E-state index in [0.717, 1.165) is 16.2 Å². The van der Waals surface area contributed by atoms with Gasteiger partial charge in [-0.15, -0.1) is 0 Å². The summed E-state index contributed by atoms with van der Waals surface area (Å²) in [4.78, 5) is 34.5. The second-order valence-electron chi connectivity index (χ2n) is 4.78. The Balaban J connectivity index is 2.16. The number of fused-ring (bicyclic) bond motifs is 1. The lowest BCUT2D eigenvalue weighted by Gasteiger charge is -2.01. The van der Waals surface area contributed by atoms with Crippen LogP contribution < -0.4 is 5.76 Å². The Morgan fingerprint density at radius 2 is 1.86 bits per heavy atom. The van der Waals surface area contributed by atoms with Crippen LogP contribution >= 0.6 is 0 Å². The minimum Gasteiger partial charge on any atom is -0.407 e. The number of nitrogens with zero attached hydrogens (tertiary/aromatic N) is 2. The van der Waals surface area contributed by atoms with Gasteiger partial charge in [0.1, 0.15) is 0 Å². The Bertz CT molecular complexity index is 950. The largest absolute Gasteiger partial charge is 0.427 e. The van der Waals surface area contributed by atoms with Gasteiger partial charge in [0.25, 0.3) is 11.6 Å². The summed E-state index contributed by atoms with van der Waals surface area (Å²) in [7, 11) is 0. The van der Waals surface area contributed by atoms with E-state index in [1.165, 1.54) is 12.1 Å². The molecule has 0 radical (unpaired) electrons. The van der Waals surface area contributed by atoms with E-state index >= 15 is 0 Å². The van der Waals surface area contributed by atoms with Gasteiger partial charge in [-0.25, -0.2) is 9.36 Å². The first kappa shape index (κ1) is 13.7. The van der Waals surface area contributed by atoms with Gasteiger partial charge in [-0.2, -0.15) is 0 Å². The molecule has 1 heterocycles. The Morgan fingerprint density at radius 1 is 1.18 bits per heavy atom. The van der Waals surface area contributed by atoms with E-state index in [4.69, 9.17) is 4.42 Å². The summed E-state index contributed by atoms with van der Waals surface area (Å²) in [5.74, 6) is -1.42. The molecule has 0 saturated carbocycles. The third-order valence-corrected chi connectivity index (χ3v) is 3.28. The van der Waals surface area contributed by atoms with Crippen molar-refractivity contribution in [3.63, 3.8) is 0 Å². The number of nitro benzene ring substituents is 1. The van der Waals surface area contributed by atoms with Gasteiger partial charge in [0.2, 0.25) is 0 Å². The normalized spacial score (nSPS) is 10.8. The second kappa shape index (κ2) is 4.96. The number of nitro groups is 1. The number of carbonyl (C=O) groups excluding carboxylic acids is 1. The molecule has 0 aliphatic carbocycles. The van der Waals surface area contributed by atoms with Crippen molar-refractivity contribution in [3.05, 3.63) is 74.3 Å². The predicted molar refractivity (Wildman–Crippen MR) is 78.0 cm³/mol. The molecule has 1 aromatic heterocycles. The molecule has 0 amide bonds. The molecule has 7 nitrogen and oxygen atoms in total. The molecule has 0 N–H and O–H groups in total. The number of aromatic nitrogens is 1. The van der Waals surface area contributed by atoms with Crippen LogP contribution in [0.15, 0.2) is 51.7 Å². The highest BCUT2D eigenvalue weighted by Crippen LogP contribution is 2.20. The smallest absolute Gasteiger partial charge is 0.407 e. The van der Waals surface area contributed by atoms with E-state index in [2.05, 4.69) is 0 Å². The van der Waals surface area contributed by atoms with Gasteiger partial charge in [-0.3, -0.25) is 14.9 Å². The van der Waals surface area contributed by atoms with E-state index in [0.29, 0.717) is 5.56 Å². The summed E-state index contributed by atoms with van der Waals surface area (Å²) >= 11 is 0. The average molecular weight is 298 g/mol. The standard InChI is InChI=1S/C15H10N2O5/c1-9-2-4-10(5-3-9)14(18)16-12-7-6-11(17(20)21)8-13(12)22-15(16)19/h2-8H,1H3. The Labute approximate surface area is 123 Å². The van der Waals surface area contributed by atoms with Crippen molar-refractivity contribution in [1.29, 1.82) is 0 Å². The highest BCUT2D eigenvalue weighted by atomic mass is 16.6. The lowest BCUT2D eigenvalue weighted by Crippen LogP contribution is -2.23. The Morgan fingerprint density at radius 3 is 2.50 bits per heavy atom. The molecule has 3 aromatic rings. The van der Waals surface area contributed by atoms with Crippen molar-refractivity contribution >= 4 is 22.7 Å². The predicted octanol–water partition coefficient (Wildman–Crippen LogP) is 2.50. The minimum atomic E-state index is -0.874. The molecule has 22 heavy (non-hydrogen) atoms. The van der Waals surface area contributed by atoms with Crippen molar-refractivity contribution < 1.29 is 14.1 Å². The number of carbonyl (C=O) groups is 1. The van der Waals surface area contributed by atoms with E-state index in [9.17, 15) is 19.7 Å². The fourth-order valence-corrected chi connectivity index (χ4v) is 2.14. The first-order chi connectivity index (χ1) is 10.5. The molecule has 0 unspecified atom stereocenters. The zero-order chi connectivity index (χ0) is 15.9. The molecule has 0 fully saturated rings. The molecule has 0 spiro atoms. The summed E-state index contributed by atoms with van der Waals surface area (Å²) in [6.07, 6.45) is 0. The highest BCUT2D eigenvalue weighted by Gasteiger charge is 2.19. The van der Waals surface area contributed by atoms with Gasteiger partial charge in [0.05, 0.1) is 16.5 Å². The maximum absolute atomic E-state index is 12.4. The van der Waals surface area contributed by atoms with Crippen molar-refractivity contribution in [3.8, 4) is 0 Å². The van der Waals surface area contributed by atoms with E-state index in [-0.39, 0.29) is 16.8 Å². The number of oxazole rings is 1. The Hall–Kier alpha value is -3.22. The maximum Gasteiger partial charge on any atom is 0.427 e. The van der Waals surface area contributed by atoms with E-state index < -0.39 is 16.6 Å². The number of hydrogen-bond donors (Lipinski definition) is 0. The van der Waals surface area contributed by atoms with Gasteiger partial charge >= 0.3 is 5.76 Å². The molecule has 0 atom stereocenters. The van der Waals surface area contributed by atoms with Crippen LogP contribution in [0.4, 0.5) is 5.69 Å². The van der Waals surface area contributed by atoms with Crippen LogP contribution in [0.2, 0.25) is 0 Å². The van der Waals surface area contributed by atoms with Crippen LogP contribution in [-0.2, 0) is 0 Å². The van der Waals surface area contributed by atoms with Gasteiger partial charge in [-0.1, -0.05) is 17.7 Å². The zero-order valence-electron chi connectivity index (χ0n) is 11.5. The molecule has 7 heteroatoms. The third kappa shape index (κ3) is 2.18. The van der Waals surface area contributed by atoms with Gasteiger partial charge in [-0.05, 0) is 25.1 Å². The topological polar surface area (TPSA) is 95.3 Å². The number of rotatable bonds is 2. The van der Waals surface area contributed by atoms with Crippen LogP contribution in [0.3, 0.4) is 0 Å². The van der Waals surface area contributed by atoms with Crippen molar-refractivity contribution in [2.24, 2.45) is 0 Å². The highest BCUT2D eigenvalue weighted by molar-refractivity contribution is 6.00. The van der Waals surface area contributed by atoms with Crippen molar-refractivity contribution in [1.82, 2.24) is 4.57 Å². The molecule has 2 aromatic carbocycles. The van der Waals surface area contributed by atoms with Crippen LogP contribution in [-0.4, -0.2) is 15.4 Å². The molecule has 0 aliphatic rings. The summed E-state index contributed by atoms with van der Waals surface area (Å²) in [5, 5.41) is 10.7. The monoisotopic (exact) mass is 298 g/mol. The van der Waals surface area contributed by atoms with Gasteiger partial charge in [0, 0.05) is 11.6 Å².